The molecule has 0 radical (unpaired) electrons. The van der Waals surface area contributed by atoms with E-state index in [1.807, 2.05) is 6.07 Å². The number of aromatic nitrogens is 7. The summed E-state index contributed by atoms with van der Waals surface area (Å²) in [6, 6.07) is 5.08. The number of H-pyrrole nitrogens is 1. The predicted octanol–water partition coefficient (Wildman–Crippen LogP) is 1.18. The fourth-order valence-electron chi connectivity index (χ4n) is 2.25. The van der Waals surface area contributed by atoms with Crippen LogP contribution in [0.1, 0.15) is 11.4 Å². The Bertz CT molecular complexity index is 1230. The van der Waals surface area contributed by atoms with E-state index in [4.69, 9.17) is 0 Å². The Balaban J connectivity index is 1.66. The molecule has 126 valence electrons. The minimum Gasteiger partial charge on any atom is -0.288 e. The number of halogens is 1. The first kappa shape index (κ1) is 16.0. The third kappa shape index (κ3) is 2.96. The molecule has 11 heteroatoms. The zero-order valence-corrected chi connectivity index (χ0v) is 15.2. The van der Waals surface area contributed by atoms with Crippen molar-refractivity contribution in [3.05, 3.63) is 61.0 Å². The molecule has 0 bridgehead atoms. The Kier molecular flexibility index (Phi) is 3.88. The van der Waals surface area contributed by atoms with E-state index in [9.17, 15) is 9.59 Å². The monoisotopic (exact) mass is 419 g/mol. The summed E-state index contributed by atoms with van der Waals surface area (Å²) in [4.78, 5) is 30.8. The van der Waals surface area contributed by atoms with Gasteiger partial charge in [0.25, 0.3) is 16.9 Å². The molecule has 4 rings (SSSR count). The smallest absolute Gasteiger partial charge is 0.273 e. The molecule has 0 unspecified atom stereocenters. The van der Waals surface area contributed by atoms with Gasteiger partial charge >= 0.3 is 0 Å². The van der Waals surface area contributed by atoms with E-state index in [0.29, 0.717) is 27.9 Å². The van der Waals surface area contributed by atoms with Crippen molar-refractivity contribution in [1.29, 1.82) is 0 Å². The van der Waals surface area contributed by atoms with Crippen molar-refractivity contribution in [2.75, 3.05) is 0 Å². The lowest BCUT2D eigenvalue weighted by atomic mass is 10.4. The van der Waals surface area contributed by atoms with E-state index < -0.39 is 0 Å². The summed E-state index contributed by atoms with van der Waals surface area (Å²) >= 11 is 4.66. The number of fused-ring (bicyclic) bond motifs is 2. The van der Waals surface area contributed by atoms with Crippen LogP contribution < -0.4 is 11.1 Å². The Morgan fingerprint density at radius 1 is 1.28 bits per heavy atom. The van der Waals surface area contributed by atoms with E-state index in [-0.39, 0.29) is 16.9 Å². The minimum absolute atomic E-state index is 0.161. The molecule has 9 nitrogen and oxygen atoms in total. The average molecular weight is 420 g/mol. The summed E-state index contributed by atoms with van der Waals surface area (Å²) in [7, 11) is 0. The molecule has 0 aliphatic heterocycles. The van der Waals surface area contributed by atoms with Gasteiger partial charge in [-0.05, 0) is 35.0 Å². The van der Waals surface area contributed by atoms with Crippen molar-refractivity contribution < 1.29 is 0 Å². The SMILES string of the molecule is Cc1nn2c(SCc3cc(=O)n4cc(Br)ccc4n3)nnc2[nH]c1=O. The molecule has 0 aliphatic rings. The van der Waals surface area contributed by atoms with E-state index in [0.717, 1.165) is 4.47 Å². The number of nitrogens with zero attached hydrogens (tertiary/aromatic N) is 6. The van der Waals surface area contributed by atoms with Crippen LogP contribution in [0.4, 0.5) is 0 Å². The number of rotatable bonds is 3. The number of pyridine rings is 1. The first-order valence-electron chi connectivity index (χ1n) is 7.14. The molecule has 0 saturated heterocycles. The van der Waals surface area contributed by atoms with Crippen LogP contribution in [0.25, 0.3) is 11.4 Å². The second kappa shape index (κ2) is 6.08. The molecule has 4 aromatic heterocycles. The van der Waals surface area contributed by atoms with Gasteiger partial charge in [-0.15, -0.1) is 10.2 Å². The van der Waals surface area contributed by atoms with Gasteiger partial charge in [0.2, 0.25) is 5.16 Å². The third-order valence-corrected chi connectivity index (χ3v) is 4.86. The first-order chi connectivity index (χ1) is 12.0. The lowest BCUT2D eigenvalue weighted by Gasteiger charge is -2.04. The van der Waals surface area contributed by atoms with Crippen molar-refractivity contribution in [3.8, 4) is 0 Å². The largest absolute Gasteiger partial charge is 0.288 e. The lowest BCUT2D eigenvalue weighted by molar-refractivity contribution is 0.769. The van der Waals surface area contributed by atoms with Crippen molar-refractivity contribution >= 4 is 39.1 Å². The van der Waals surface area contributed by atoms with Crippen LogP contribution in [0.15, 0.2) is 43.6 Å². The van der Waals surface area contributed by atoms with Gasteiger partial charge in [-0.2, -0.15) is 9.61 Å². The van der Waals surface area contributed by atoms with Gasteiger partial charge in [-0.3, -0.25) is 19.0 Å². The molecule has 0 aliphatic carbocycles. The molecule has 0 fully saturated rings. The van der Waals surface area contributed by atoms with Crippen molar-refractivity contribution in [2.45, 2.75) is 17.8 Å². The second-order valence-electron chi connectivity index (χ2n) is 5.21. The number of hydrogen-bond donors (Lipinski definition) is 1. The van der Waals surface area contributed by atoms with Gasteiger partial charge in [0.15, 0.2) is 0 Å². The Morgan fingerprint density at radius 3 is 2.96 bits per heavy atom. The molecule has 0 aromatic carbocycles. The molecule has 4 aromatic rings. The Morgan fingerprint density at radius 2 is 2.12 bits per heavy atom. The van der Waals surface area contributed by atoms with E-state index >= 15 is 0 Å². The summed E-state index contributed by atoms with van der Waals surface area (Å²) in [6.45, 7) is 1.61. The zero-order valence-electron chi connectivity index (χ0n) is 12.8. The molecule has 0 saturated carbocycles. The summed E-state index contributed by atoms with van der Waals surface area (Å²) in [5.74, 6) is 0.692. The zero-order chi connectivity index (χ0) is 17.6. The topological polar surface area (TPSA) is 110 Å². The molecular formula is C14H10BrN7O2S. The van der Waals surface area contributed by atoms with Crippen molar-refractivity contribution in [3.63, 3.8) is 0 Å². The van der Waals surface area contributed by atoms with Crippen molar-refractivity contribution in [1.82, 2.24) is 34.2 Å². The van der Waals surface area contributed by atoms with Gasteiger partial charge in [0, 0.05) is 22.5 Å². The van der Waals surface area contributed by atoms with Crippen LogP contribution in [0.2, 0.25) is 0 Å². The maximum atomic E-state index is 12.2. The molecule has 0 atom stereocenters. The third-order valence-electron chi connectivity index (χ3n) is 3.44. The predicted molar refractivity (Wildman–Crippen MR) is 94.9 cm³/mol. The molecule has 25 heavy (non-hydrogen) atoms. The van der Waals surface area contributed by atoms with E-state index in [1.54, 1.807) is 19.2 Å². The Labute approximate surface area is 152 Å². The van der Waals surface area contributed by atoms with Gasteiger partial charge in [-0.1, -0.05) is 11.8 Å². The van der Waals surface area contributed by atoms with Crippen LogP contribution in [0.5, 0.6) is 0 Å². The fraction of sp³-hybridized carbons (Fsp3) is 0.143. The van der Waals surface area contributed by atoms with Crippen LogP contribution in [-0.2, 0) is 5.75 Å². The Hall–Kier alpha value is -2.53. The normalized spacial score (nSPS) is 11.4. The van der Waals surface area contributed by atoms with Crippen LogP contribution in [-0.4, -0.2) is 34.2 Å². The minimum atomic E-state index is -0.299. The standard InChI is InChI=1S/C14H10BrN7O2S/c1-7-12(24)17-13-18-19-14(22(13)20-7)25-6-9-4-11(23)21-5-8(15)2-3-10(21)16-9/h2-5H,6H2,1H3,(H,17,18,24). The summed E-state index contributed by atoms with van der Waals surface area (Å²) in [5.41, 5.74) is 1.05. The highest BCUT2D eigenvalue weighted by Gasteiger charge is 2.11. The molecule has 0 amide bonds. The maximum Gasteiger partial charge on any atom is 0.273 e. The lowest BCUT2D eigenvalue weighted by Crippen LogP contribution is -2.16. The highest BCUT2D eigenvalue weighted by atomic mass is 79.9. The molecule has 4 heterocycles. The highest BCUT2D eigenvalue weighted by Crippen LogP contribution is 2.19. The van der Waals surface area contributed by atoms with Crippen LogP contribution in [0, 0.1) is 6.92 Å². The number of hydrogen-bond acceptors (Lipinski definition) is 7. The molecule has 1 N–H and O–H groups in total. The van der Waals surface area contributed by atoms with E-state index in [1.165, 1.54) is 26.7 Å². The molecular weight excluding hydrogens is 410 g/mol. The quantitative estimate of drug-likeness (QED) is 0.496. The van der Waals surface area contributed by atoms with Crippen molar-refractivity contribution in [2.24, 2.45) is 0 Å². The van der Waals surface area contributed by atoms with Gasteiger partial charge in [0.1, 0.15) is 11.3 Å². The van der Waals surface area contributed by atoms with E-state index in [2.05, 4.69) is 41.2 Å². The first-order valence-corrected chi connectivity index (χ1v) is 8.92. The average Bonchev–Trinajstić information content (AvgIpc) is 2.96. The van der Waals surface area contributed by atoms with Gasteiger partial charge < -0.3 is 0 Å². The summed E-state index contributed by atoms with van der Waals surface area (Å²) in [5, 5.41) is 12.6. The second-order valence-corrected chi connectivity index (χ2v) is 7.07. The van der Waals surface area contributed by atoms with Crippen LogP contribution >= 0.6 is 27.7 Å². The number of aromatic amines is 1. The van der Waals surface area contributed by atoms with Gasteiger partial charge in [0.05, 0.1) is 5.69 Å². The number of aryl methyl sites for hydroxylation is 1. The molecule has 0 spiro atoms. The fourth-order valence-corrected chi connectivity index (χ4v) is 3.36. The maximum absolute atomic E-state index is 12.2. The van der Waals surface area contributed by atoms with Gasteiger partial charge in [-0.25, -0.2) is 4.98 Å². The number of nitrogens with one attached hydrogen (secondary N) is 1. The van der Waals surface area contributed by atoms with Crippen LogP contribution in [0.3, 0.4) is 0 Å². The highest BCUT2D eigenvalue weighted by molar-refractivity contribution is 9.10. The summed E-state index contributed by atoms with van der Waals surface area (Å²) in [6.07, 6.45) is 1.68. The number of thioether (sulfide) groups is 1. The summed E-state index contributed by atoms with van der Waals surface area (Å²) < 4.78 is 3.74.